The molecular weight excluding hydrogens is 214 g/mol. The molecule has 1 aliphatic rings. The zero-order valence-corrected chi connectivity index (χ0v) is 10.9. The molecule has 0 aromatic carbocycles. The summed E-state index contributed by atoms with van der Waals surface area (Å²) >= 11 is 0. The van der Waals surface area contributed by atoms with Crippen LogP contribution in [0.25, 0.3) is 0 Å². The molecule has 0 radical (unpaired) electrons. The molecule has 1 aliphatic carbocycles. The molecule has 0 bridgehead atoms. The lowest BCUT2D eigenvalue weighted by atomic mass is 10.1. The molecule has 4 nitrogen and oxygen atoms in total. The molecule has 1 N–H and O–H groups in total. The summed E-state index contributed by atoms with van der Waals surface area (Å²) in [6.07, 6.45) is 7.26. The Bertz CT molecular complexity index is 441. The van der Waals surface area contributed by atoms with Crippen LogP contribution in [0.1, 0.15) is 40.0 Å². The van der Waals surface area contributed by atoms with Crippen LogP contribution in [0, 0.1) is 5.92 Å². The van der Waals surface area contributed by atoms with E-state index in [1.807, 2.05) is 20.8 Å². The van der Waals surface area contributed by atoms with Crippen molar-refractivity contribution in [3.8, 4) is 0 Å². The van der Waals surface area contributed by atoms with Gasteiger partial charge in [-0.3, -0.25) is 4.79 Å². The SMILES string of the molecule is CC(C)(C)n1ccnc(NCCC2CC2)c1=O. The molecule has 0 spiro atoms. The molecule has 1 aromatic rings. The topological polar surface area (TPSA) is 46.9 Å². The van der Waals surface area contributed by atoms with Gasteiger partial charge in [0.05, 0.1) is 0 Å². The van der Waals surface area contributed by atoms with E-state index in [-0.39, 0.29) is 11.1 Å². The van der Waals surface area contributed by atoms with Crippen LogP contribution in [-0.2, 0) is 5.54 Å². The molecule has 0 saturated heterocycles. The molecule has 0 atom stereocenters. The molecule has 1 aromatic heterocycles. The smallest absolute Gasteiger partial charge is 0.293 e. The fraction of sp³-hybridized carbons (Fsp3) is 0.692. The maximum atomic E-state index is 12.1. The molecule has 17 heavy (non-hydrogen) atoms. The van der Waals surface area contributed by atoms with Gasteiger partial charge in [-0.25, -0.2) is 4.98 Å². The van der Waals surface area contributed by atoms with Gasteiger partial charge in [-0.2, -0.15) is 0 Å². The minimum absolute atomic E-state index is 0.0317. The van der Waals surface area contributed by atoms with Crippen molar-refractivity contribution in [2.75, 3.05) is 11.9 Å². The van der Waals surface area contributed by atoms with Crippen molar-refractivity contribution in [1.29, 1.82) is 0 Å². The second-order valence-corrected chi connectivity index (χ2v) is 5.78. The highest BCUT2D eigenvalue weighted by atomic mass is 16.1. The Kier molecular flexibility index (Phi) is 3.22. The molecule has 4 heteroatoms. The number of nitrogens with zero attached hydrogens (tertiary/aromatic N) is 2. The van der Waals surface area contributed by atoms with Gasteiger partial charge in [0.2, 0.25) is 0 Å². The first-order valence-electron chi connectivity index (χ1n) is 6.30. The maximum Gasteiger partial charge on any atom is 0.293 e. The van der Waals surface area contributed by atoms with Gasteiger partial charge in [-0.15, -0.1) is 0 Å². The van der Waals surface area contributed by atoms with Gasteiger partial charge in [-0.05, 0) is 33.1 Å². The van der Waals surface area contributed by atoms with Gasteiger partial charge >= 0.3 is 0 Å². The number of anilines is 1. The number of nitrogens with one attached hydrogen (secondary N) is 1. The molecule has 2 rings (SSSR count). The first kappa shape index (κ1) is 12.1. The Hall–Kier alpha value is -1.32. The number of rotatable bonds is 4. The second-order valence-electron chi connectivity index (χ2n) is 5.78. The number of aromatic nitrogens is 2. The first-order valence-corrected chi connectivity index (χ1v) is 6.30. The minimum Gasteiger partial charge on any atom is -0.365 e. The maximum absolute atomic E-state index is 12.1. The molecule has 1 fully saturated rings. The van der Waals surface area contributed by atoms with E-state index >= 15 is 0 Å². The first-order chi connectivity index (χ1) is 7.98. The second kappa shape index (κ2) is 4.51. The standard InChI is InChI=1S/C13H21N3O/c1-13(2,3)16-9-8-15-11(12(16)17)14-7-6-10-4-5-10/h8-10H,4-7H2,1-3H3,(H,14,15). The van der Waals surface area contributed by atoms with E-state index in [4.69, 9.17) is 0 Å². The van der Waals surface area contributed by atoms with E-state index in [1.54, 1.807) is 17.0 Å². The van der Waals surface area contributed by atoms with Crippen molar-refractivity contribution >= 4 is 5.82 Å². The highest BCUT2D eigenvalue weighted by Crippen LogP contribution is 2.31. The summed E-state index contributed by atoms with van der Waals surface area (Å²) in [5, 5.41) is 3.15. The van der Waals surface area contributed by atoms with E-state index in [1.165, 1.54) is 12.8 Å². The van der Waals surface area contributed by atoms with E-state index < -0.39 is 0 Å². The summed E-state index contributed by atoms with van der Waals surface area (Å²) in [4.78, 5) is 16.3. The molecule has 0 amide bonds. The van der Waals surface area contributed by atoms with Crippen molar-refractivity contribution in [2.45, 2.75) is 45.6 Å². The molecule has 1 heterocycles. The average molecular weight is 235 g/mol. The van der Waals surface area contributed by atoms with Crippen LogP contribution in [0.15, 0.2) is 17.2 Å². The predicted molar refractivity (Wildman–Crippen MR) is 69.3 cm³/mol. The van der Waals surface area contributed by atoms with Gasteiger partial charge in [0.1, 0.15) is 0 Å². The normalized spacial score (nSPS) is 15.9. The van der Waals surface area contributed by atoms with Crippen LogP contribution >= 0.6 is 0 Å². The monoisotopic (exact) mass is 235 g/mol. The van der Waals surface area contributed by atoms with Crippen LogP contribution in [0.4, 0.5) is 5.82 Å². The Morgan fingerprint density at radius 1 is 1.47 bits per heavy atom. The summed E-state index contributed by atoms with van der Waals surface area (Å²) in [5.41, 5.74) is -0.233. The highest BCUT2D eigenvalue weighted by molar-refractivity contribution is 5.31. The van der Waals surface area contributed by atoms with Gasteiger partial charge in [-0.1, -0.05) is 12.8 Å². The average Bonchev–Trinajstić information content (AvgIpc) is 3.02. The van der Waals surface area contributed by atoms with E-state index in [0.29, 0.717) is 5.82 Å². The zero-order valence-electron chi connectivity index (χ0n) is 10.9. The highest BCUT2D eigenvalue weighted by Gasteiger charge is 2.21. The zero-order chi connectivity index (χ0) is 12.5. The molecule has 94 valence electrons. The van der Waals surface area contributed by atoms with Crippen LogP contribution < -0.4 is 10.9 Å². The van der Waals surface area contributed by atoms with Gasteiger partial charge in [0.15, 0.2) is 5.82 Å². The predicted octanol–water partition coefficient (Wildman–Crippen LogP) is 2.21. The van der Waals surface area contributed by atoms with Crippen LogP contribution in [-0.4, -0.2) is 16.1 Å². The third kappa shape index (κ3) is 3.08. The van der Waals surface area contributed by atoms with Crippen LogP contribution in [0.2, 0.25) is 0 Å². The lowest BCUT2D eigenvalue weighted by molar-refractivity contribution is 0.383. The molecular formula is C13H21N3O. The van der Waals surface area contributed by atoms with Crippen LogP contribution in [0.3, 0.4) is 0 Å². The third-order valence-corrected chi connectivity index (χ3v) is 3.11. The molecule has 0 aliphatic heterocycles. The summed E-state index contributed by atoms with van der Waals surface area (Å²) in [6.45, 7) is 6.90. The fourth-order valence-corrected chi connectivity index (χ4v) is 1.86. The van der Waals surface area contributed by atoms with Gasteiger partial charge in [0.25, 0.3) is 5.56 Å². The van der Waals surface area contributed by atoms with E-state index in [2.05, 4.69) is 10.3 Å². The Morgan fingerprint density at radius 2 is 2.18 bits per heavy atom. The van der Waals surface area contributed by atoms with Crippen LogP contribution in [0.5, 0.6) is 0 Å². The van der Waals surface area contributed by atoms with E-state index in [9.17, 15) is 4.79 Å². The number of hydrogen-bond donors (Lipinski definition) is 1. The largest absolute Gasteiger partial charge is 0.365 e. The van der Waals surface area contributed by atoms with Crippen molar-refractivity contribution in [3.63, 3.8) is 0 Å². The summed E-state index contributed by atoms with van der Waals surface area (Å²) in [7, 11) is 0. The summed E-state index contributed by atoms with van der Waals surface area (Å²) < 4.78 is 1.72. The van der Waals surface area contributed by atoms with Crippen molar-refractivity contribution < 1.29 is 0 Å². The molecule has 0 unspecified atom stereocenters. The quantitative estimate of drug-likeness (QED) is 0.870. The van der Waals surface area contributed by atoms with Gasteiger partial charge < -0.3 is 9.88 Å². The number of hydrogen-bond acceptors (Lipinski definition) is 3. The fourth-order valence-electron chi connectivity index (χ4n) is 1.86. The lowest BCUT2D eigenvalue weighted by Crippen LogP contribution is -2.35. The summed E-state index contributed by atoms with van der Waals surface area (Å²) in [5.74, 6) is 1.35. The van der Waals surface area contributed by atoms with E-state index in [0.717, 1.165) is 18.9 Å². The Morgan fingerprint density at radius 3 is 2.76 bits per heavy atom. The van der Waals surface area contributed by atoms with Gasteiger partial charge in [0, 0.05) is 24.5 Å². The third-order valence-electron chi connectivity index (χ3n) is 3.11. The Balaban J connectivity index is 2.08. The summed E-state index contributed by atoms with van der Waals surface area (Å²) in [6, 6.07) is 0. The van der Waals surface area contributed by atoms with Crippen molar-refractivity contribution in [3.05, 3.63) is 22.7 Å². The molecule has 1 saturated carbocycles. The lowest BCUT2D eigenvalue weighted by Gasteiger charge is -2.22. The van der Waals surface area contributed by atoms with Crippen molar-refractivity contribution in [2.24, 2.45) is 5.92 Å². The van der Waals surface area contributed by atoms with Crippen molar-refractivity contribution in [1.82, 2.24) is 9.55 Å². The minimum atomic E-state index is -0.201. The Labute approximate surface area is 102 Å².